The largest absolute Gasteiger partial charge is 0.383 e. The van der Waals surface area contributed by atoms with E-state index in [-0.39, 0.29) is 23.9 Å². The molecule has 0 bridgehead atoms. The molecule has 1 aliphatic rings. The number of fused-ring (bicyclic) bond motifs is 1. The van der Waals surface area contributed by atoms with Crippen LogP contribution >= 0.6 is 0 Å². The highest BCUT2D eigenvalue weighted by molar-refractivity contribution is 6.05. The van der Waals surface area contributed by atoms with E-state index in [4.69, 9.17) is 10.8 Å². The van der Waals surface area contributed by atoms with Crippen LogP contribution in [-0.4, -0.2) is 42.6 Å². The van der Waals surface area contributed by atoms with Crippen LogP contribution in [-0.2, 0) is 4.79 Å². The lowest BCUT2D eigenvalue weighted by Gasteiger charge is -2.35. The Kier molecular flexibility index (Phi) is 6.04. The summed E-state index contributed by atoms with van der Waals surface area (Å²) in [6.45, 7) is 3.55. The minimum absolute atomic E-state index is 0.0314. The Morgan fingerprint density at radius 1 is 1.14 bits per heavy atom. The van der Waals surface area contributed by atoms with Gasteiger partial charge in [0.15, 0.2) is 5.65 Å². The average Bonchev–Trinajstić information content (AvgIpc) is 3.22. The van der Waals surface area contributed by atoms with E-state index in [0.29, 0.717) is 46.8 Å². The van der Waals surface area contributed by atoms with Crippen LogP contribution in [0.15, 0.2) is 48.9 Å². The van der Waals surface area contributed by atoms with E-state index >= 15 is 0 Å². The fourth-order valence-corrected chi connectivity index (χ4v) is 4.37. The van der Waals surface area contributed by atoms with Gasteiger partial charge >= 0.3 is 0 Å². The summed E-state index contributed by atoms with van der Waals surface area (Å²) in [7, 11) is 0. The number of nitrogens with one attached hydrogen (secondary N) is 2. The van der Waals surface area contributed by atoms with Gasteiger partial charge in [-0.05, 0) is 62.4 Å². The number of pyridine rings is 1. The number of nitrogens with two attached hydrogens (primary N) is 1. The van der Waals surface area contributed by atoms with Gasteiger partial charge in [-0.2, -0.15) is 5.10 Å². The molecule has 3 aromatic heterocycles. The zero-order chi connectivity index (χ0) is 25.2. The fraction of sp³-hybridized carbons (Fsp3) is 0.231. The zero-order valence-electron chi connectivity index (χ0n) is 19.8. The van der Waals surface area contributed by atoms with Gasteiger partial charge in [0.2, 0.25) is 0 Å². The number of rotatable bonds is 5. The molecule has 0 unspecified atom stereocenters. The highest BCUT2D eigenvalue weighted by Gasteiger charge is 2.34. The number of carbonyl (C=O) groups excluding carboxylic acids is 2. The molecule has 1 aliphatic carbocycles. The third-order valence-electron chi connectivity index (χ3n) is 6.20. The fourth-order valence-electron chi connectivity index (χ4n) is 4.37. The quantitative estimate of drug-likeness (QED) is 0.373. The highest BCUT2D eigenvalue weighted by Crippen LogP contribution is 2.38. The van der Waals surface area contributed by atoms with Crippen LogP contribution in [0.5, 0.6) is 0 Å². The summed E-state index contributed by atoms with van der Waals surface area (Å²) in [5, 5.41) is 11.2. The van der Waals surface area contributed by atoms with E-state index in [1.165, 1.54) is 6.33 Å². The van der Waals surface area contributed by atoms with Crippen LogP contribution in [0.4, 0.5) is 11.6 Å². The predicted octanol–water partition coefficient (Wildman–Crippen LogP) is 2.87. The maximum absolute atomic E-state index is 12.7. The summed E-state index contributed by atoms with van der Waals surface area (Å²) in [4.78, 5) is 37.3. The van der Waals surface area contributed by atoms with Gasteiger partial charge in [-0.1, -0.05) is 18.1 Å². The first kappa shape index (κ1) is 23.0. The summed E-state index contributed by atoms with van der Waals surface area (Å²) < 4.78 is 1.86. The third kappa shape index (κ3) is 4.34. The first-order valence-corrected chi connectivity index (χ1v) is 11.5. The maximum Gasteiger partial charge on any atom is 0.296 e. The van der Waals surface area contributed by atoms with E-state index < -0.39 is 0 Å². The number of aryl methyl sites for hydroxylation is 1. The minimum atomic E-state index is -0.277. The number of anilines is 2. The van der Waals surface area contributed by atoms with Gasteiger partial charge in [0, 0.05) is 23.4 Å². The van der Waals surface area contributed by atoms with E-state index in [1.807, 2.05) is 29.8 Å². The minimum Gasteiger partial charge on any atom is -0.383 e. The van der Waals surface area contributed by atoms with Crippen LogP contribution in [0.25, 0.3) is 22.3 Å². The van der Waals surface area contributed by atoms with Crippen LogP contribution < -0.4 is 16.4 Å². The molecule has 2 amide bonds. The molecule has 1 aromatic carbocycles. The molecule has 10 heteroatoms. The van der Waals surface area contributed by atoms with Crippen molar-refractivity contribution in [2.24, 2.45) is 0 Å². The monoisotopic (exact) mass is 480 g/mol. The Bertz CT molecular complexity index is 1530. The van der Waals surface area contributed by atoms with Crippen molar-refractivity contribution in [1.82, 2.24) is 30.0 Å². The smallest absolute Gasteiger partial charge is 0.296 e. The first-order chi connectivity index (χ1) is 17.4. The Morgan fingerprint density at radius 2 is 1.97 bits per heavy atom. The number of hydrogen-bond donors (Lipinski definition) is 3. The van der Waals surface area contributed by atoms with Crippen molar-refractivity contribution < 1.29 is 9.59 Å². The number of benzene rings is 1. The molecule has 0 aliphatic heterocycles. The number of aromatic nitrogens is 5. The number of nitrogen functional groups attached to an aromatic ring is 1. The Labute approximate surface area is 207 Å². The van der Waals surface area contributed by atoms with Crippen molar-refractivity contribution in [1.29, 1.82) is 0 Å². The van der Waals surface area contributed by atoms with Crippen molar-refractivity contribution in [3.05, 3.63) is 60.0 Å². The second kappa shape index (κ2) is 9.46. The van der Waals surface area contributed by atoms with E-state index in [2.05, 4.69) is 37.4 Å². The highest BCUT2D eigenvalue weighted by atomic mass is 16.2. The number of carbonyl (C=O) groups is 2. The van der Waals surface area contributed by atoms with E-state index in [9.17, 15) is 9.59 Å². The maximum atomic E-state index is 12.7. The molecule has 0 spiro atoms. The van der Waals surface area contributed by atoms with E-state index in [1.54, 1.807) is 31.3 Å². The first-order valence-electron chi connectivity index (χ1n) is 11.5. The Morgan fingerprint density at radius 3 is 2.69 bits per heavy atom. The van der Waals surface area contributed by atoms with Crippen molar-refractivity contribution in [2.75, 3.05) is 11.1 Å². The van der Waals surface area contributed by atoms with Gasteiger partial charge in [0.25, 0.3) is 11.8 Å². The van der Waals surface area contributed by atoms with Crippen LogP contribution in [0.1, 0.15) is 41.7 Å². The summed E-state index contributed by atoms with van der Waals surface area (Å²) in [5.74, 6) is 5.39. The molecule has 1 fully saturated rings. The molecule has 0 radical (unpaired) electrons. The van der Waals surface area contributed by atoms with Crippen molar-refractivity contribution in [3.8, 4) is 23.1 Å². The van der Waals surface area contributed by atoms with E-state index in [0.717, 1.165) is 11.1 Å². The SMILES string of the molecule is CC#CC(=O)NC1CC(n2nc(-c3ccc(C(=O)Nc4ccccn4)cc3C)c3c(N)ncnc32)C1. The Balaban J connectivity index is 1.43. The number of nitrogens with zero attached hydrogens (tertiary/aromatic N) is 5. The summed E-state index contributed by atoms with van der Waals surface area (Å²) in [5.41, 5.74) is 9.74. The second-order valence-corrected chi connectivity index (χ2v) is 8.62. The van der Waals surface area contributed by atoms with Gasteiger partial charge in [-0.25, -0.2) is 19.6 Å². The van der Waals surface area contributed by atoms with Gasteiger partial charge in [-0.3, -0.25) is 9.59 Å². The molecule has 180 valence electrons. The van der Waals surface area contributed by atoms with Gasteiger partial charge < -0.3 is 16.4 Å². The molecule has 4 N–H and O–H groups in total. The Hall–Kier alpha value is -4.78. The lowest BCUT2D eigenvalue weighted by molar-refractivity contribution is -0.117. The molecular weight excluding hydrogens is 456 g/mol. The van der Waals surface area contributed by atoms with Crippen molar-refractivity contribution >= 4 is 34.5 Å². The molecule has 36 heavy (non-hydrogen) atoms. The molecule has 1 saturated carbocycles. The van der Waals surface area contributed by atoms with Crippen LogP contribution in [0.2, 0.25) is 0 Å². The van der Waals surface area contributed by atoms with Gasteiger partial charge in [0.1, 0.15) is 23.7 Å². The lowest BCUT2D eigenvalue weighted by Crippen LogP contribution is -2.44. The molecule has 0 saturated heterocycles. The van der Waals surface area contributed by atoms with Gasteiger partial charge in [0.05, 0.1) is 11.4 Å². The van der Waals surface area contributed by atoms with Crippen molar-refractivity contribution in [3.63, 3.8) is 0 Å². The second-order valence-electron chi connectivity index (χ2n) is 8.62. The molecular formula is C26H24N8O2. The van der Waals surface area contributed by atoms with Crippen LogP contribution in [0.3, 0.4) is 0 Å². The number of hydrogen-bond acceptors (Lipinski definition) is 7. The predicted molar refractivity (Wildman–Crippen MR) is 136 cm³/mol. The van der Waals surface area contributed by atoms with Gasteiger partial charge in [-0.15, -0.1) is 0 Å². The normalized spacial score (nSPS) is 16.5. The topological polar surface area (TPSA) is 141 Å². The summed E-state index contributed by atoms with van der Waals surface area (Å²) >= 11 is 0. The lowest BCUT2D eigenvalue weighted by atomic mass is 9.87. The molecule has 0 atom stereocenters. The van der Waals surface area contributed by atoms with Crippen molar-refractivity contribution in [2.45, 2.75) is 38.8 Å². The molecule has 5 rings (SSSR count). The van der Waals surface area contributed by atoms with Crippen LogP contribution in [0, 0.1) is 18.8 Å². The average molecular weight is 481 g/mol. The molecule has 4 aromatic rings. The summed E-state index contributed by atoms with van der Waals surface area (Å²) in [6, 6.07) is 10.8. The number of amides is 2. The third-order valence-corrected chi connectivity index (χ3v) is 6.20. The standard InChI is InChI=1S/C26H24N8O2/c1-3-6-21(35)31-17-12-18(13-17)34-25-22(24(27)29-14-30-25)23(33-34)19-9-8-16(11-15(19)2)26(36)32-20-7-4-5-10-28-20/h4-5,7-11,14,17-18H,12-13H2,1-2H3,(H,31,35)(H2,27,29,30)(H,28,32,36). The zero-order valence-corrected chi connectivity index (χ0v) is 19.8. The molecule has 3 heterocycles. The summed E-state index contributed by atoms with van der Waals surface area (Å²) in [6.07, 6.45) is 4.47. The molecule has 10 nitrogen and oxygen atoms in total.